The fourth-order valence-electron chi connectivity index (χ4n) is 3.58. The SMILES string of the molecule is CC1CCCCC1C1CCOC1(C)C. The molecule has 2 aliphatic rings. The lowest BCUT2D eigenvalue weighted by Gasteiger charge is -2.39. The number of ether oxygens (including phenoxy) is 1. The zero-order chi connectivity index (χ0) is 10.2. The van der Waals surface area contributed by atoms with E-state index in [1.807, 2.05) is 0 Å². The van der Waals surface area contributed by atoms with Crippen molar-refractivity contribution in [1.29, 1.82) is 0 Å². The Bertz CT molecular complexity index is 197. The largest absolute Gasteiger partial charge is 0.375 e. The molecule has 2 rings (SSSR count). The van der Waals surface area contributed by atoms with Gasteiger partial charge in [-0.15, -0.1) is 0 Å². The summed E-state index contributed by atoms with van der Waals surface area (Å²) in [5.41, 5.74) is 0.149. The van der Waals surface area contributed by atoms with E-state index in [0.717, 1.165) is 24.4 Å². The molecule has 0 amide bonds. The fourth-order valence-corrected chi connectivity index (χ4v) is 3.58. The zero-order valence-corrected chi connectivity index (χ0v) is 9.88. The van der Waals surface area contributed by atoms with Crippen LogP contribution < -0.4 is 0 Å². The van der Waals surface area contributed by atoms with Gasteiger partial charge in [-0.25, -0.2) is 0 Å². The van der Waals surface area contributed by atoms with Gasteiger partial charge in [-0.05, 0) is 44.4 Å². The van der Waals surface area contributed by atoms with Gasteiger partial charge in [-0.3, -0.25) is 0 Å². The lowest BCUT2D eigenvalue weighted by molar-refractivity contribution is -0.0180. The summed E-state index contributed by atoms with van der Waals surface area (Å²) < 4.78 is 5.85. The van der Waals surface area contributed by atoms with Crippen LogP contribution in [0.4, 0.5) is 0 Å². The van der Waals surface area contributed by atoms with Crippen molar-refractivity contribution in [2.75, 3.05) is 6.61 Å². The number of rotatable bonds is 1. The fraction of sp³-hybridized carbons (Fsp3) is 1.00. The summed E-state index contributed by atoms with van der Waals surface area (Å²) in [6, 6.07) is 0. The highest BCUT2D eigenvalue weighted by Gasteiger charge is 2.42. The molecule has 0 aromatic rings. The molecule has 1 aliphatic carbocycles. The first-order chi connectivity index (χ1) is 6.61. The van der Waals surface area contributed by atoms with Crippen molar-refractivity contribution in [1.82, 2.24) is 0 Å². The molecule has 14 heavy (non-hydrogen) atoms. The predicted molar refractivity (Wildman–Crippen MR) is 59.3 cm³/mol. The second-order valence-electron chi connectivity index (χ2n) is 5.77. The smallest absolute Gasteiger partial charge is 0.0658 e. The maximum absolute atomic E-state index is 5.85. The summed E-state index contributed by atoms with van der Waals surface area (Å²) in [4.78, 5) is 0. The molecule has 0 radical (unpaired) electrons. The monoisotopic (exact) mass is 196 g/mol. The van der Waals surface area contributed by atoms with Crippen LogP contribution in [0.15, 0.2) is 0 Å². The topological polar surface area (TPSA) is 9.23 Å². The average molecular weight is 196 g/mol. The molecule has 1 heteroatoms. The van der Waals surface area contributed by atoms with Gasteiger partial charge in [0.05, 0.1) is 5.60 Å². The Hall–Kier alpha value is -0.0400. The molecule has 2 fully saturated rings. The third-order valence-electron chi connectivity index (χ3n) is 4.49. The highest BCUT2D eigenvalue weighted by molar-refractivity contribution is 4.92. The van der Waals surface area contributed by atoms with Gasteiger partial charge in [0.15, 0.2) is 0 Å². The third kappa shape index (κ3) is 1.84. The Morgan fingerprint density at radius 2 is 1.79 bits per heavy atom. The van der Waals surface area contributed by atoms with Gasteiger partial charge in [-0.1, -0.05) is 26.2 Å². The van der Waals surface area contributed by atoms with Gasteiger partial charge in [0.1, 0.15) is 0 Å². The van der Waals surface area contributed by atoms with Crippen LogP contribution >= 0.6 is 0 Å². The van der Waals surface area contributed by atoms with Crippen molar-refractivity contribution in [3.8, 4) is 0 Å². The molecule has 0 spiro atoms. The minimum absolute atomic E-state index is 0.149. The third-order valence-corrected chi connectivity index (χ3v) is 4.49. The van der Waals surface area contributed by atoms with Gasteiger partial charge >= 0.3 is 0 Å². The minimum Gasteiger partial charge on any atom is -0.375 e. The van der Waals surface area contributed by atoms with E-state index in [2.05, 4.69) is 20.8 Å². The minimum atomic E-state index is 0.149. The maximum Gasteiger partial charge on any atom is 0.0658 e. The molecule has 1 nitrogen and oxygen atoms in total. The number of hydrogen-bond acceptors (Lipinski definition) is 1. The molecule has 0 bridgehead atoms. The Kier molecular flexibility index (Phi) is 2.88. The molecule has 1 heterocycles. The Labute approximate surface area is 88.2 Å². The van der Waals surface area contributed by atoms with Crippen molar-refractivity contribution in [2.45, 2.75) is 58.5 Å². The normalized spacial score (nSPS) is 42.6. The molecule has 0 aromatic carbocycles. The van der Waals surface area contributed by atoms with Crippen molar-refractivity contribution >= 4 is 0 Å². The van der Waals surface area contributed by atoms with E-state index < -0.39 is 0 Å². The van der Waals surface area contributed by atoms with Crippen LogP contribution in [0, 0.1) is 17.8 Å². The van der Waals surface area contributed by atoms with E-state index in [4.69, 9.17) is 4.74 Å². The highest BCUT2D eigenvalue weighted by Crippen LogP contribution is 2.45. The highest BCUT2D eigenvalue weighted by atomic mass is 16.5. The predicted octanol–water partition coefficient (Wildman–Crippen LogP) is 3.63. The first-order valence-corrected chi connectivity index (χ1v) is 6.25. The summed E-state index contributed by atoms with van der Waals surface area (Å²) in [6.45, 7) is 8.00. The second-order valence-corrected chi connectivity index (χ2v) is 5.77. The molecule has 3 atom stereocenters. The lowest BCUT2D eigenvalue weighted by Crippen LogP contribution is -2.36. The van der Waals surface area contributed by atoms with Crippen LogP contribution in [0.1, 0.15) is 52.9 Å². The zero-order valence-electron chi connectivity index (χ0n) is 9.88. The standard InChI is InChI=1S/C13H24O/c1-10-6-4-5-7-11(10)12-8-9-14-13(12,2)3/h10-12H,4-9H2,1-3H3. The van der Waals surface area contributed by atoms with Crippen LogP contribution in [0.2, 0.25) is 0 Å². The van der Waals surface area contributed by atoms with Crippen molar-refractivity contribution in [3.63, 3.8) is 0 Å². The maximum atomic E-state index is 5.85. The molecule has 1 saturated heterocycles. The summed E-state index contributed by atoms with van der Waals surface area (Å²) >= 11 is 0. The van der Waals surface area contributed by atoms with Crippen LogP contribution in [-0.2, 0) is 4.74 Å². The van der Waals surface area contributed by atoms with Gasteiger partial charge in [0.2, 0.25) is 0 Å². The van der Waals surface area contributed by atoms with E-state index in [1.54, 1.807) is 0 Å². The molecule has 1 aliphatic heterocycles. The van der Waals surface area contributed by atoms with E-state index in [9.17, 15) is 0 Å². The molecule has 0 N–H and O–H groups in total. The van der Waals surface area contributed by atoms with Crippen LogP contribution in [0.5, 0.6) is 0 Å². The van der Waals surface area contributed by atoms with Crippen LogP contribution in [-0.4, -0.2) is 12.2 Å². The Morgan fingerprint density at radius 1 is 1.07 bits per heavy atom. The van der Waals surface area contributed by atoms with Gasteiger partial charge in [0.25, 0.3) is 0 Å². The molecule has 3 unspecified atom stereocenters. The van der Waals surface area contributed by atoms with Gasteiger partial charge < -0.3 is 4.74 Å². The second kappa shape index (κ2) is 3.84. The summed E-state index contributed by atoms with van der Waals surface area (Å²) in [5.74, 6) is 2.67. The molecule has 82 valence electrons. The summed E-state index contributed by atoms with van der Waals surface area (Å²) in [5, 5.41) is 0. The van der Waals surface area contributed by atoms with Gasteiger partial charge in [-0.2, -0.15) is 0 Å². The van der Waals surface area contributed by atoms with Gasteiger partial charge in [0, 0.05) is 6.61 Å². The van der Waals surface area contributed by atoms with Crippen molar-refractivity contribution < 1.29 is 4.74 Å². The number of hydrogen-bond donors (Lipinski definition) is 0. The van der Waals surface area contributed by atoms with Crippen LogP contribution in [0.25, 0.3) is 0 Å². The average Bonchev–Trinajstić information content (AvgIpc) is 2.46. The van der Waals surface area contributed by atoms with Crippen molar-refractivity contribution in [3.05, 3.63) is 0 Å². The first-order valence-electron chi connectivity index (χ1n) is 6.25. The first kappa shape index (κ1) is 10.5. The Balaban J connectivity index is 2.05. The molecule has 1 saturated carbocycles. The Morgan fingerprint density at radius 3 is 2.36 bits per heavy atom. The van der Waals surface area contributed by atoms with E-state index in [-0.39, 0.29) is 5.60 Å². The summed E-state index contributed by atoms with van der Waals surface area (Å²) in [6.07, 6.45) is 7.07. The quantitative estimate of drug-likeness (QED) is 0.622. The molecular formula is C13H24O. The molecule has 0 aromatic heterocycles. The van der Waals surface area contributed by atoms with Crippen LogP contribution in [0.3, 0.4) is 0 Å². The van der Waals surface area contributed by atoms with E-state index in [1.165, 1.54) is 32.1 Å². The molecular weight excluding hydrogens is 172 g/mol. The van der Waals surface area contributed by atoms with E-state index in [0.29, 0.717) is 0 Å². The summed E-state index contributed by atoms with van der Waals surface area (Å²) in [7, 11) is 0. The lowest BCUT2D eigenvalue weighted by atomic mass is 9.68. The van der Waals surface area contributed by atoms with Crippen molar-refractivity contribution in [2.24, 2.45) is 17.8 Å². The van der Waals surface area contributed by atoms with E-state index >= 15 is 0 Å².